The van der Waals surface area contributed by atoms with Gasteiger partial charge >= 0.3 is 0 Å². The van der Waals surface area contributed by atoms with Gasteiger partial charge in [0.1, 0.15) is 30.3 Å². The van der Waals surface area contributed by atoms with Crippen molar-refractivity contribution in [2.24, 2.45) is 16.9 Å². The third-order valence-electron chi connectivity index (χ3n) is 9.44. The first-order valence-corrected chi connectivity index (χ1v) is 16.3. The number of nitrogens with one attached hydrogen (secondary N) is 1. The fourth-order valence-corrected chi connectivity index (χ4v) is 6.76. The summed E-state index contributed by atoms with van der Waals surface area (Å²) in [4.78, 5) is 26.5. The van der Waals surface area contributed by atoms with Crippen molar-refractivity contribution in [1.29, 1.82) is 0 Å². The monoisotopic (exact) mass is 619 g/mol. The zero-order valence-corrected chi connectivity index (χ0v) is 26.7. The number of aryl methyl sites for hydroxylation is 1. The van der Waals surface area contributed by atoms with Gasteiger partial charge in [-0.3, -0.25) is 9.80 Å². The van der Waals surface area contributed by atoms with Crippen molar-refractivity contribution >= 4 is 40.2 Å². The second kappa shape index (κ2) is 12.9. The molecule has 1 saturated carbocycles. The van der Waals surface area contributed by atoms with Crippen molar-refractivity contribution < 1.29 is 14.3 Å². The maximum Gasteiger partial charge on any atom is 0.246 e. The molecule has 3 aliphatic heterocycles. The molecule has 1 amide bonds. The van der Waals surface area contributed by atoms with Crippen LogP contribution in [0.25, 0.3) is 10.9 Å². The molecular weight excluding hydrogens is 578 g/mol. The average Bonchev–Trinajstić information content (AvgIpc) is 3.05. The van der Waals surface area contributed by atoms with Crippen LogP contribution in [0.2, 0.25) is 0 Å². The Morgan fingerprint density at radius 1 is 1.20 bits per heavy atom. The van der Waals surface area contributed by atoms with Gasteiger partial charge in [0, 0.05) is 37.7 Å². The first-order chi connectivity index (χ1) is 22.5. The molecule has 1 saturated heterocycles. The molecule has 0 spiro atoms. The average molecular weight is 620 g/mol. The van der Waals surface area contributed by atoms with Crippen LogP contribution in [0.1, 0.15) is 38.7 Å². The van der Waals surface area contributed by atoms with Crippen LogP contribution in [-0.4, -0.2) is 70.8 Å². The number of aromatic nitrogens is 2. The van der Waals surface area contributed by atoms with E-state index in [2.05, 4.69) is 44.4 Å². The number of carbonyl (C=O) groups is 1. The summed E-state index contributed by atoms with van der Waals surface area (Å²) in [7, 11) is 0. The van der Waals surface area contributed by atoms with E-state index in [1.807, 2.05) is 66.4 Å². The molecule has 1 aromatic heterocycles. The Morgan fingerprint density at radius 3 is 2.87 bits per heavy atom. The van der Waals surface area contributed by atoms with Crippen LogP contribution < -0.4 is 19.7 Å². The Morgan fingerprint density at radius 2 is 2.09 bits per heavy atom. The van der Waals surface area contributed by atoms with Gasteiger partial charge in [0.2, 0.25) is 5.91 Å². The molecule has 2 fully saturated rings. The summed E-state index contributed by atoms with van der Waals surface area (Å²) in [5, 5.41) is 10.5. The summed E-state index contributed by atoms with van der Waals surface area (Å²) in [5.41, 5.74) is 3.71. The first kappa shape index (κ1) is 29.8. The van der Waals surface area contributed by atoms with E-state index in [-0.39, 0.29) is 11.9 Å². The molecule has 3 aromatic rings. The fraction of sp³-hybridized carbons (Fsp3) is 0.389. The second-order valence-electron chi connectivity index (χ2n) is 12.5. The van der Waals surface area contributed by atoms with Crippen molar-refractivity contribution in [3.05, 3.63) is 78.5 Å². The Kier molecular flexibility index (Phi) is 8.34. The van der Waals surface area contributed by atoms with Gasteiger partial charge in [-0.1, -0.05) is 19.4 Å². The van der Waals surface area contributed by atoms with Crippen LogP contribution in [0, 0.1) is 18.8 Å². The fourth-order valence-electron chi connectivity index (χ4n) is 6.76. The van der Waals surface area contributed by atoms with Gasteiger partial charge in [-0.05, 0) is 92.6 Å². The molecule has 1 unspecified atom stereocenters. The van der Waals surface area contributed by atoms with E-state index in [1.165, 1.54) is 19.3 Å². The summed E-state index contributed by atoms with van der Waals surface area (Å²) >= 11 is 0. The Bertz CT molecular complexity index is 1740. The lowest BCUT2D eigenvalue weighted by molar-refractivity contribution is -0.127. The summed E-state index contributed by atoms with van der Waals surface area (Å²) in [6.45, 7) is 9.40. The summed E-state index contributed by atoms with van der Waals surface area (Å²) in [6, 6.07) is 10.2. The molecule has 1 atom stereocenters. The third-order valence-corrected chi connectivity index (χ3v) is 9.44. The van der Waals surface area contributed by atoms with Gasteiger partial charge < -0.3 is 24.6 Å². The molecule has 2 aromatic carbocycles. The number of benzene rings is 2. The number of ether oxygens (including phenoxy) is 2. The van der Waals surface area contributed by atoms with Crippen molar-refractivity contribution in [1.82, 2.24) is 19.9 Å². The van der Waals surface area contributed by atoms with Gasteiger partial charge in [0.25, 0.3) is 0 Å². The lowest BCUT2D eigenvalue weighted by Crippen LogP contribution is -2.58. The standard InChI is InChI=1S/C36H41N7O3/c1-4-25-19-26(20-25)6-11-33(44)41-16-17-43-28(21-41)22-45-35-31(43)9-8-30-34(35)36(38-23-37-30)40-27-7-10-32(24(3)18-27)46-29-12-14-42(15-13-29)39-5-2/h5-14,18,23,25-26,28H,4,15-17,19-22H2,1-3H3,(H,37,38,40)/b11-6+,39-5-. The number of hydrogen-bond acceptors (Lipinski definition) is 9. The van der Waals surface area contributed by atoms with Crippen LogP contribution in [0.3, 0.4) is 0 Å². The van der Waals surface area contributed by atoms with Crippen LogP contribution >= 0.6 is 0 Å². The first-order valence-electron chi connectivity index (χ1n) is 16.3. The highest BCUT2D eigenvalue weighted by molar-refractivity contribution is 6.00. The van der Waals surface area contributed by atoms with Gasteiger partial charge in [0.15, 0.2) is 5.75 Å². The number of allylic oxidation sites excluding steroid dienone is 2. The molecule has 10 heteroatoms. The van der Waals surface area contributed by atoms with E-state index in [0.29, 0.717) is 38.0 Å². The predicted molar refractivity (Wildman–Crippen MR) is 182 cm³/mol. The zero-order valence-electron chi connectivity index (χ0n) is 26.7. The number of hydrogen-bond donors (Lipinski definition) is 1. The lowest BCUT2D eigenvalue weighted by Gasteiger charge is -2.45. The van der Waals surface area contributed by atoms with Crippen LogP contribution in [0.15, 0.2) is 78.0 Å². The smallest absolute Gasteiger partial charge is 0.246 e. The normalized spacial score (nSPS) is 22.4. The van der Waals surface area contributed by atoms with E-state index in [4.69, 9.17) is 9.47 Å². The molecule has 10 nitrogen and oxygen atoms in total. The van der Waals surface area contributed by atoms with Gasteiger partial charge in [0.05, 0.1) is 29.2 Å². The molecule has 238 valence electrons. The molecule has 46 heavy (non-hydrogen) atoms. The maximum absolute atomic E-state index is 13.0. The van der Waals surface area contributed by atoms with Crippen molar-refractivity contribution in [2.75, 3.05) is 43.0 Å². The number of hydrazone groups is 1. The molecule has 4 heterocycles. The predicted octanol–water partition coefficient (Wildman–Crippen LogP) is 6.18. The number of anilines is 3. The number of nitrogens with zero attached hydrogens (tertiary/aromatic N) is 6. The van der Waals surface area contributed by atoms with Crippen molar-refractivity contribution in [3.63, 3.8) is 0 Å². The SMILES string of the molecule is C/C=N\N1C=CC(Oc2ccc(Nc3ncnc4ccc5c(c34)OCC3CN(C(=O)/C=C/C4CC(CC)C4)CCN53)cc2C)=CC1. The largest absolute Gasteiger partial charge is 0.488 e. The number of amides is 1. The lowest BCUT2D eigenvalue weighted by atomic mass is 9.73. The minimum atomic E-state index is 0.0945. The number of rotatable bonds is 8. The quantitative estimate of drug-likeness (QED) is 0.236. The highest BCUT2D eigenvalue weighted by atomic mass is 16.5. The Balaban J connectivity index is 1.05. The van der Waals surface area contributed by atoms with Gasteiger partial charge in [-0.2, -0.15) is 5.10 Å². The van der Waals surface area contributed by atoms with Crippen LogP contribution in [-0.2, 0) is 4.79 Å². The van der Waals surface area contributed by atoms with E-state index in [1.54, 1.807) is 18.6 Å². The topological polar surface area (TPSA) is 95.4 Å². The van der Waals surface area contributed by atoms with E-state index < -0.39 is 0 Å². The zero-order chi connectivity index (χ0) is 31.6. The van der Waals surface area contributed by atoms with Gasteiger partial charge in [-0.25, -0.2) is 9.97 Å². The minimum Gasteiger partial charge on any atom is -0.488 e. The molecule has 7 rings (SSSR count). The van der Waals surface area contributed by atoms with E-state index >= 15 is 0 Å². The number of carbonyl (C=O) groups excluding carboxylic acids is 1. The van der Waals surface area contributed by atoms with E-state index in [9.17, 15) is 4.79 Å². The summed E-state index contributed by atoms with van der Waals surface area (Å²) < 4.78 is 12.6. The van der Waals surface area contributed by atoms with Crippen LogP contribution in [0.4, 0.5) is 17.2 Å². The number of piperazine rings is 1. The summed E-state index contributed by atoms with van der Waals surface area (Å²) in [5.74, 6) is 4.52. The molecule has 0 bridgehead atoms. The molecule has 4 aliphatic rings. The van der Waals surface area contributed by atoms with Crippen LogP contribution in [0.5, 0.6) is 11.5 Å². The Labute approximate surface area is 270 Å². The highest BCUT2D eigenvalue weighted by Gasteiger charge is 2.36. The second-order valence-corrected chi connectivity index (χ2v) is 12.5. The van der Waals surface area contributed by atoms with Crippen molar-refractivity contribution in [2.45, 2.75) is 46.1 Å². The highest BCUT2D eigenvalue weighted by Crippen LogP contribution is 2.43. The third kappa shape index (κ3) is 6.03. The Hall–Kier alpha value is -4.86. The van der Waals surface area contributed by atoms with Crippen molar-refractivity contribution in [3.8, 4) is 11.5 Å². The molecule has 0 radical (unpaired) electrons. The van der Waals surface area contributed by atoms with Gasteiger partial charge in [-0.15, -0.1) is 0 Å². The molecule has 1 aliphatic carbocycles. The minimum absolute atomic E-state index is 0.0945. The maximum atomic E-state index is 13.0. The van der Waals surface area contributed by atoms with E-state index in [0.717, 1.165) is 57.6 Å². The molecule has 1 N–H and O–H groups in total. The summed E-state index contributed by atoms with van der Waals surface area (Å²) in [6.07, 6.45) is 16.7. The molecular formula is C36H41N7O3. The number of fused-ring (bicyclic) bond motifs is 5.